The standard InChI is InChI=1S/C10H7N3O/c14-13-6-5-11-9-7-3-1-2-4-8(7)12-10(9)13/h1-6,12H. The number of hydrogen-bond acceptors (Lipinski definition) is 2. The van der Waals surface area contributed by atoms with E-state index in [-0.39, 0.29) is 0 Å². The summed E-state index contributed by atoms with van der Waals surface area (Å²) < 4.78 is 0.794. The predicted octanol–water partition coefficient (Wildman–Crippen LogP) is 1.35. The predicted molar refractivity (Wildman–Crippen MR) is 52.6 cm³/mol. The van der Waals surface area contributed by atoms with Crippen LogP contribution in [-0.2, 0) is 0 Å². The number of para-hydroxylation sites is 1. The molecule has 2 aromatic heterocycles. The van der Waals surface area contributed by atoms with Gasteiger partial charge in [0.25, 0.3) is 0 Å². The summed E-state index contributed by atoms with van der Waals surface area (Å²) in [4.78, 5) is 7.21. The molecule has 0 unspecified atom stereocenters. The summed E-state index contributed by atoms with van der Waals surface area (Å²) in [5.74, 6) is 0. The molecule has 1 aromatic carbocycles. The molecule has 4 heteroatoms. The average molecular weight is 185 g/mol. The van der Waals surface area contributed by atoms with E-state index in [4.69, 9.17) is 0 Å². The third kappa shape index (κ3) is 0.821. The Bertz CT molecular complexity index is 615. The minimum atomic E-state index is 0.508. The number of rotatable bonds is 0. The third-order valence-corrected chi connectivity index (χ3v) is 2.29. The van der Waals surface area contributed by atoms with Gasteiger partial charge in [0.05, 0.1) is 11.6 Å². The first kappa shape index (κ1) is 7.32. The Hall–Kier alpha value is -2.10. The first-order valence-electron chi connectivity index (χ1n) is 4.31. The minimum absolute atomic E-state index is 0.508. The van der Waals surface area contributed by atoms with E-state index >= 15 is 0 Å². The van der Waals surface area contributed by atoms with Gasteiger partial charge in [-0.05, 0) is 12.1 Å². The molecule has 68 valence electrons. The average Bonchev–Trinajstić information content (AvgIpc) is 2.59. The summed E-state index contributed by atoms with van der Waals surface area (Å²) in [5, 5.41) is 12.4. The lowest BCUT2D eigenvalue weighted by Gasteiger charge is -1.98. The van der Waals surface area contributed by atoms with E-state index in [1.54, 1.807) is 0 Å². The summed E-state index contributed by atoms with van der Waals surface area (Å²) in [7, 11) is 0. The molecule has 0 amide bonds. The molecule has 14 heavy (non-hydrogen) atoms. The van der Waals surface area contributed by atoms with Crippen LogP contribution in [0.3, 0.4) is 0 Å². The van der Waals surface area contributed by atoms with Crippen LogP contribution in [-0.4, -0.2) is 9.97 Å². The Balaban J connectivity index is 2.63. The molecule has 0 atom stereocenters. The number of nitrogens with zero attached hydrogens (tertiary/aromatic N) is 2. The van der Waals surface area contributed by atoms with Gasteiger partial charge in [0, 0.05) is 0 Å². The van der Waals surface area contributed by atoms with Crippen LogP contribution in [0.1, 0.15) is 0 Å². The summed E-state index contributed by atoms with van der Waals surface area (Å²) in [6, 6.07) is 7.73. The second-order valence-corrected chi connectivity index (χ2v) is 3.12. The molecule has 0 saturated heterocycles. The van der Waals surface area contributed by atoms with Crippen LogP contribution in [0.4, 0.5) is 0 Å². The number of H-pyrrole nitrogens is 1. The number of aromatic amines is 1. The van der Waals surface area contributed by atoms with Crippen LogP contribution in [0, 0.1) is 5.21 Å². The number of benzene rings is 1. The van der Waals surface area contributed by atoms with Gasteiger partial charge in [-0.2, -0.15) is 0 Å². The monoisotopic (exact) mass is 185 g/mol. The van der Waals surface area contributed by atoms with Crippen molar-refractivity contribution >= 4 is 22.1 Å². The molecule has 0 aliphatic heterocycles. The van der Waals surface area contributed by atoms with E-state index in [1.165, 1.54) is 12.4 Å². The molecule has 0 fully saturated rings. The lowest BCUT2D eigenvalue weighted by Crippen LogP contribution is -2.26. The van der Waals surface area contributed by atoms with Crippen LogP contribution in [0.15, 0.2) is 36.7 Å². The van der Waals surface area contributed by atoms with Crippen LogP contribution >= 0.6 is 0 Å². The molecular formula is C10H7N3O. The van der Waals surface area contributed by atoms with Crippen molar-refractivity contribution in [2.45, 2.75) is 0 Å². The third-order valence-electron chi connectivity index (χ3n) is 2.29. The van der Waals surface area contributed by atoms with Crippen molar-refractivity contribution in [1.82, 2.24) is 9.97 Å². The first-order valence-corrected chi connectivity index (χ1v) is 4.31. The molecule has 3 aromatic rings. The van der Waals surface area contributed by atoms with E-state index in [0.29, 0.717) is 5.65 Å². The topological polar surface area (TPSA) is 55.6 Å². The van der Waals surface area contributed by atoms with Crippen molar-refractivity contribution in [2.24, 2.45) is 0 Å². The van der Waals surface area contributed by atoms with Crippen molar-refractivity contribution in [3.63, 3.8) is 0 Å². The molecule has 0 radical (unpaired) electrons. The molecule has 2 heterocycles. The van der Waals surface area contributed by atoms with Gasteiger partial charge in [-0.3, -0.25) is 0 Å². The molecule has 0 aliphatic carbocycles. The second-order valence-electron chi connectivity index (χ2n) is 3.12. The Morgan fingerprint density at radius 2 is 2.14 bits per heavy atom. The fourth-order valence-corrected chi connectivity index (χ4v) is 1.65. The van der Waals surface area contributed by atoms with Crippen molar-refractivity contribution in [3.8, 4) is 0 Å². The quantitative estimate of drug-likeness (QED) is 0.424. The second kappa shape index (κ2) is 2.45. The lowest BCUT2D eigenvalue weighted by atomic mass is 10.2. The van der Waals surface area contributed by atoms with Gasteiger partial charge in [0.15, 0.2) is 5.52 Å². The number of hydrogen-bond donors (Lipinski definition) is 1. The summed E-state index contributed by atoms with van der Waals surface area (Å²) in [6.07, 6.45) is 2.90. The van der Waals surface area contributed by atoms with Gasteiger partial charge in [-0.15, -0.1) is 0 Å². The van der Waals surface area contributed by atoms with Gasteiger partial charge in [0.1, 0.15) is 11.7 Å². The van der Waals surface area contributed by atoms with Gasteiger partial charge >= 0.3 is 5.65 Å². The highest BCUT2D eigenvalue weighted by atomic mass is 16.5. The molecular weight excluding hydrogens is 178 g/mol. The van der Waals surface area contributed by atoms with E-state index in [2.05, 4.69) is 9.97 Å². The maximum atomic E-state index is 11.4. The summed E-state index contributed by atoms with van der Waals surface area (Å²) in [5.41, 5.74) is 2.16. The van der Waals surface area contributed by atoms with Crippen LogP contribution in [0.2, 0.25) is 0 Å². The van der Waals surface area contributed by atoms with Crippen molar-refractivity contribution in [1.29, 1.82) is 0 Å². The highest BCUT2D eigenvalue weighted by molar-refractivity contribution is 6.02. The first-order chi connectivity index (χ1) is 6.86. The SMILES string of the molecule is [O-][n+]1ccnc2c3ccccc3[nH]c21. The zero-order valence-electron chi connectivity index (χ0n) is 7.27. The molecule has 0 saturated carbocycles. The largest absolute Gasteiger partial charge is 0.710 e. The Morgan fingerprint density at radius 3 is 3.07 bits per heavy atom. The molecule has 4 nitrogen and oxygen atoms in total. The Morgan fingerprint density at radius 1 is 1.29 bits per heavy atom. The van der Waals surface area contributed by atoms with E-state index in [1.807, 2.05) is 24.3 Å². The maximum Gasteiger partial charge on any atom is 0.309 e. The fraction of sp³-hybridized carbons (Fsp3) is 0. The molecule has 0 aliphatic rings. The van der Waals surface area contributed by atoms with Crippen molar-refractivity contribution in [3.05, 3.63) is 41.9 Å². The highest BCUT2D eigenvalue weighted by Gasteiger charge is 2.11. The van der Waals surface area contributed by atoms with E-state index < -0.39 is 0 Å². The molecule has 0 spiro atoms. The summed E-state index contributed by atoms with van der Waals surface area (Å²) >= 11 is 0. The molecule has 0 bridgehead atoms. The number of nitrogens with one attached hydrogen (secondary N) is 1. The Labute approximate surface area is 79.4 Å². The highest BCUT2D eigenvalue weighted by Crippen LogP contribution is 2.19. The normalized spacial score (nSPS) is 11.1. The zero-order chi connectivity index (χ0) is 9.54. The van der Waals surface area contributed by atoms with Gasteiger partial charge < -0.3 is 5.21 Å². The number of fused-ring (bicyclic) bond motifs is 3. The number of aromatic nitrogens is 3. The lowest BCUT2D eigenvalue weighted by molar-refractivity contribution is -0.579. The van der Waals surface area contributed by atoms with Crippen LogP contribution in [0.5, 0.6) is 0 Å². The van der Waals surface area contributed by atoms with Gasteiger partial charge in [-0.25, -0.2) is 14.7 Å². The van der Waals surface area contributed by atoms with Gasteiger partial charge in [-0.1, -0.05) is 12.1 Å². The molecule has 1 N–H and O–H groups in total. The van der Waals surface area contributed by atoms with Crippen molar-refractivity contribution < 1.29 is 4.73 Å². The minimum Gasteiger partial charge on any atom is -0.710 e. The van der Waals surface area contributed by atoms with E-state index in [0.717, 1.165) is 21.2 Å². The van der Waals surface area contributed by atoms with E-state index in [9.17, 15) is 5.21 Å². The van der Waals surface area contributed by atoms with Crippen LogP contribution < -0.4 is 4.73 Å². The summed E-state index contributed by atoms with van der Waals surface area (Å²) in [6.45, 7) is 0. The van der Waals surface area contributed by atoms with Crippen LogP contribution in [0.25, 0.3) is 22.1 Å². The maximum absolute atomic E-state index is 11.4. The molecule has 3 rings (SSSR count). The Kier molecular flexibility index (Phi) is 1.28. The van der Waals surface area contributed by atoms with Gasteiger partial charge in [0.2, 0.25) is 0 Å². The fourth-order valence-electron chi connectivity index (χ4n) is 1.65. The van der Waals surface area contributed by atoms with Crippen molar-refractivity contribution in [2.75, 3.05) is 0 Å². The smallest absolute Gasteiger partial charge is 0.309 e. The zero-order valence-corrected chi connectivity index (χ0v) is 7.27.